The van der Waals surface area contributed by atoms with Gasteiger partial charge < -0.3 is 19.3 Å². The van der Waals surface area contributed by atoms with E-state index in [1.807, 2.05) is 24.3 Å². The summed E-state index contributed by atoms with van der Waals surface area (Å²) in [6, 6.07) is 89.3. The van der Waals surface area contributed by atoms with E-state index in [0.717, 1.165) is 45.6 Å². The van der Waals surface area contributed by atoms with Gasteiger partial charge in [0.2, 0.25) is 0 Å². The number of methoxy groups -OCH3 is 2. The first-order valence-corrected chi connectivity index (χ1v) is 30.4. The summed E-state index contributed by atoms with van der Waals surface area (Å²) in [4.78, 5) is 4.78. The third-order valence-electron chi connectivity index (χ3n) is 19.2. The van der Waals surface area contributed by atoms with Crippen LogP contribution in [0, 0.1) is 0 Å². The maximum absolute atomic E-state index is 5.58. The molecule has 0 radical (unpaired) electrons. The molecule has 4 nitrogen and oxygen atoms in total. The van der Waals surface area contributed by atoms with Crippen LogP contribution < -0.4 is 19.3 Å². The van der Waals surface area contributed by atoms with Crippen LogP contribution >= 0.6 is 0 Å². The third kappa shape index (κ3) is 8.88. The van der Waals surface area contributed by atoms with Crippen molar-refractivity contribution in [2.45, 2.75) is 57.8 Å². The van der Waals surface area contributed by atoms with Gasteiger partial charge in [-0.15, -0.1) is 0 Å². The highest BCUT2D eigenvalue weighted by Gasteiger charge is 2.39. The molecule has 0 amide bonds. The normalized spacial score (nSPS) is 14.4. The summed E-state index contributed by atoms with van der Waals surface area (Å²) in [6.07, 6.45) is 9.16. The van der Waals surface area contributed by atoms with E-state index in [4.69, 9.17) is 9.47 Å². The van der Waals surface area contributed by atoms with Crippen LogP contribution in [0.5, 0.6) is 11.5 Å². The van der Waals surface area contributed by atoms with Crippen molar-refractivity contribution >= 4 is 80.0 Å². The lowest BCUT2D eigenvalue weighted by Crippen LogP contribution is -2.17. The van der Waals surface area contributed by atoms with Crippen LogP contribution in [0.1, 0.15) is 97.2 Å². The van der Waals surface area contributed by atoms with Crippen molar-refractivity contribution in [2.24, 2.45) is 0 Å². The molecule has 3 aliphatic rings. The second kappa shape index (κ2) is 20.5. The minimum atomic E-state index is -0.217. The Morgan fingerprint density at radius 1 is 0.276 bits per heavy atom. The van der Waals surface area contributed by atoms with E-state index < -0.39 is 0 Å². The average molecular weight is 1130 g/mol. The Bertz CT molecular complexity index is 4490. The molecule has 12 aromatic rings. The number of hydrogen-bond acceptors (Lipinski definition) is 4. The van der Waals surface area contributed by atoms with Crippen LogP contribution in [0.2, 0.25) is 0 Å². The Hall–Kier alpha value is -10.2. The second-order valence-corrected chi connectivity index (χ2v) is 25.3. The number of fused-ring (bicyclic) bond motifs is 11. The van der Waals surface area contributed by atoms with Crippen LogP contribution in [-0.2, 0) is 16.2 Å². The van der Waals surface area contributed by atoms with Gasteiger partial charge in [0.25, 0.3) is 0 Å². The summed E-state index contributed by atoms with van der Waals surface area (Å²) >= 11 is 0. The van der Waals surface area contributed by atoms with Crippen molar-refractivity contribution in [2.75, 3.05) is 24.0 Å². The molecule has 0 aliphatic heterocycles. The molecule has 4 heteroatoms. The van der Waals surface area contributed by atoms with Gasteiger partial charge in [-0.1, -0.05) is 224 Å². The lowest BCUT2D eigenvalue weighted by molar-refractivity contribution is 0.414. The van der Waals surface area contributed by atoms with Crippen molar-refractivity contribution in [3.05, 3.63) is 298 Å². The Kier molecular flexibility index (Phi) is 12.6. The quantitative estimate of drug-likeness (QED) is 0.114. The lowest BCUT2D eigenvalue weighted by atomic mass is 9.81. The molecule has 0 saturated heterocycles. The van der Waals surface area contributed by atoms with E-state index >= 15 is 0 Å². The van der Waals surface area contributed by atoms with Crippen molar-refractivity contribution in [3.63, 3.8) is 0 Å². The average Bonchev–Trinajstić information content (AvgIpc) is 1.71. The van der Waals surface area contributed by atoms with Crippen LogP contribution in [0.15, 0.2) is 243 Å². The van der Waals surface area contributed by atoms with Crippen molar-refractivity contribution in [3.8, 4) is 44.9 Å². The Labute approximate surface area is 511 Å². The molecular formula is C83H68N2O2. The van der Waals surface area contributed by atoms with Crippen molar-refractivity contribution in [1.29, 1.82) is 0 Å². The first-order chi connectivity index (χ1) is 42.3. The zero-order valence-corrected chi connectivity index (χ0v) is 50.6. The standard InChI is InChI=1S/C83H68N2O2/c1-81(2)73-47-53(23-25-55-29-43-69-71-45-35-61(51-77(71)82(3,4)75(69)49-55)84(59-31-37-63(86-7)38-32-59)79-21-13-17-57-15-9-11-19-65(57)79)27-41-67(73)68-42-28-54(48-74(68)81)24-26-56-30-44-70-72-46-36-62(52-78(72)83(5,6)76(70)50-56)85(60-33-39-64(87-8)40-34-60)80-22-14-18-58-16-10-12-20-66(58)80/h9-52H,1-8H3. The van der Waals surface area contributed by atoms with Crippen molar-refractivity contribution < 1.29 is 9.47 Å². The molecule has 15 rings (SSSR count). The summed E-state index contributed by atoms with van der Waals surface area (Å²) in [5.74, 6) is 1.67. The highest BCUT2D eigenvalue weighted by molar-refractivity contribution is 6.01. The summed E-state index contributed by atoms with van der Waals surface area (Å²) < 4.78 is 11.2. The van der Waals surface area contributed by atoms with E-state index in [-0.39, 0.29) is 16.2 Å². The van der Waals surface area contributed by atoms with Crippen molar-refractivity contribution in [1.82, 2.24) is 0 Å². The molecule has 87 heavy (non-hydrogen) atoms. The van der Waals surface area contributed by atoms with Gasteiger partial charge in [-0.3, -0.25) is 0 Å². The number of benzene rings is 12. The molecule has 0 unspecified atom stereocenters. The number of rotatable bonds is 12. The lowest BCUT2D eigenvalue weighted by Gasteiger charge is -2.29. The number of nitrogens with zero attached hydrogens (tertiary/aromatic N) is 2. The topological polar surface area (TPSA) is 24.9 Å². The van der Waals surface area contributed by atoms with E-state index in [1.165, 1.54) is 111 Å². The molecule has 12 aromatic carbocycles. The van der Waals surface area contributed by atoms with Gasteiger partial charge in [-0.25, -0.2) is 0 Å². The highest BCUT2D eigenvalue weighted by atomic mass is 16.5. The summed E-state index contributed by atoms with van der Waals surface area (Å²) in [6.45, 7) is 14.3. The van der Waals surface area contributed by atoms with Crippen LogP contribution in [0.25, 0.3) is 79.2 Å². The summed E-state index contributed by atoms with van der Waals surface area (Å²) in [5.41, 5.74) is 26.8. The van der Waals surface area contributed by atoms with Crippen LogP contribution in [0.3, 0.4) is 0 Å². The molecule has 3 aliphatic carbocycles. The van der Waals surface area contributed by atoms with Gasteiger partial charge in [0, 0.05) is 49.8 Å². The predicted molar refractivity (Wildman–Crippen MR) is 367 cm³/mol. The molecule has 0 aromatic heterocycles. The SMILES string of the molecule is COc1ccc(N(c2ccc3c(c2)C(C)(C)c2cc(C=Cc4ccc5c(c4)C(C)(C)c4cc(C=Cc6ccc7c(c6)C(C)(C)c6cc(N(c8ccc(OC)cc8)c8cccc9ccccc89)ccc6-7)ccc4-5)ccc2-3)c2cccc3ccccc23)cc1. The zero-order chi connectivity index (χ0) is 59.3. The molecule has 0 N–H and O–H groups in total. The first kappa shape index (κ1) is 53.6. The number of hydrogen-bond donors (Lipinski definition) is 0. The van der Waals surface area contributed by atoms with E-state index in [2.05, 4.69) is 294 Å². The molecule has 0 atom stereocenters. The Morgan fingerprint density at radius 2 is 0.552 bits per heavy atom. The highest BCUT2D eigenvalue weighted by Crippen LogP contribution is 2.55. The van der Waals surface area contributed by atoms with Gasteiger partial charge in [0.15, 0.2) is 0 Å². The smallest absolute Gasteiger partial charge is 0.119 e. The first-order valence-electron chi connectivity index (χ1n) is 30.4. The summed E-state index contributed by atoms with van der Waals surface area (Å²) in [5, 5.41) is 4.83. The minimum absolute atomic E-state index is 0.171. The fourth-order valence-corrected chi connectivity index (χ4v) is 14.5. The fraction of sp³-hybridized carbons (Fsp3) is 0.133. The van der Waals surface area contributed by atoms with Crippen LogP contribution in [-0.4, -0.2) is 14.2 Å². The van der Waals surface area contributed by atoms with Crippen LogP contribution in [0.4, 0.5) is 34.1 Å². The molecular weight excluding hydrogens is 1060 g/mol. The molecule has 0 bridgehead atoms. The molecule has 0 fully saturated rings. The van der Waals surface area contributed by atoms with E-state index in [0.29, 0.717) is 0 Å². The number of anilines is 6. The van der Waals surface area contributed by atoms with Gasteiger partial charge >= 0.3 is 0 Å². The second-order valence-electron chi connectivity index (χ2n) is 25.3. The fourth-order valence-electron chi connectivity index (χ4n) is 14.5. The number of ether oxygens (including phenoxy) is 2. The molecule has 0 saturated carbocycles. The molecule has 0 heterocycles. The van der Waals surface area contributed by atoms with E-state index in [9.17, 15) is 0 Å². The predicted octanol–water partition coefficient (Wildman–Crippen LogP) is 22.2. The monoisotopic (exact) mass is 1120 g/mol. The largest absolute Gasteiger partial charge is 0.497 e. The Balaban J connectivity index is 0.671. The van der Waals surface area contributed by atoms with Gasteiger partial charge in [-0.2, -0.15) is 0 Å². The molecule has 0 spiro atoms. The van der Waals surface area contributed by atoms with Gasteiger partial charge in [0.1, 0.15) is 11.5 Å². The van der Waals surface area contributed by atoms with Gasteiger partial charge in [-0.05, 0) is 185 Å². The zero-order valence-electron chi connectivity index (χ0n) is 50.6. The maximum Gasteiger partial charge on any atom is 0.119 e. The Morgan fingerprint density at radius 3 is 0.874 bits per heavy atom. The van der Waals surface area contributed by atoms with Gasteiger partial charge in [0.05, 0.1) is 25.6 Å². The molecule has 422 valence electrons. The summed E-state index contributed by atoms with van der Waals surface area (Å²) in [7, 11) is 3.44. The third-order valence-corrected chi connectivity index (χ3v) is 19.2. The van der Waals surface area contributed by atoms with E-state index in [1.54, 1.807) is 14.2 Å². The minimum Gasteiger partial charge on any atom is -0.497 e. The maximum atomic E-state index is 5.58.